The van der Waals surface area contributed by atoms with Crippen LogP contribution in [0.3, 0.4) is 0 Å². The number of aliphatic hydroxyl groups excluding tert-OH is 1. The quantitative estimate of drug-likeness (QED) is 0.817. The van der Waals surface area contributed by atoms with Crippen LogP contribution in [0.4, 0.5) is 17.6 Å². The summed E-state index contributed by atoms with van der Waals surface area (Å²) >= 11 is 0. The molecule has 0 bridgehead atoms. The Hall–Kier alpha value is -1.88. The number of hydrogen-bond donors (Lipinski definition) is 1. The van der Waals surface area contributed by atoms with Crippen LogP contribution >= 0.6 is 0 Å². The normalized spacial score (nSPS) is 11.0. The van der Waals surface area contributed by atoms with Crippen LogP contribution in [0.25, 0.3) is 0 Å². The molecule has 0 saturated carbocycles. The highest BCUT2D eigenvalue weighted by atomic mass is 19.2. The molecular formula is C13H8F4O. The van der Waals surface area contributed by atoms with Gasteiger partial charge in [0, 0.05) is 11.1 Å². The Balaban J connectivity index is 2.51. The molecule has 0 spiro atoms. The summed E-state index contributed by atoms with van der Waals surface area (Å²) in [4.78, 5) is 0. The first-order valence-electron chi connectivity index (χ1n) is 5.08. The minimum Gasteiger partial charge on any atom is -0.383 e. The lowest BCUT2D eigenvalue weighted by Crippen LogP contribution is -2.07. The van der Waals surface area contributed by atoms with Gasteiger partial charge in [-0.2, -0.15) is 0 Å². The zero-order valence-corrected chi connectivity index (χ0v) is 9.00. The van der Waals surface area contributed by atoms with E-state index in [1.807, 2.05) is 0 Å². The molecule has 0 saturated heterocycles. The smallest absolute Gasteiger partial charge is 0.164 e. The SMILES string of the molecule is OC(c1cccc(F)c1F)c1cccc(F)c1F. The first-order chi connectivity index (χ1) is 8.52. The Morgan fingerprint density at radius 1 is 0.722 bits per heavy atom. The van der Waals surface area contributed by atoms with Gasteiger partial charge in [-0.3, -0.25) is 0 Å². The van der Waals surface area contributed by atoms with Crippen molar-refractivity contribution in [3.63, 3.8) is 0 Å². The van der Waals surface area contributed by atoms with Gasteiger partial charge < -0.3 is 5.11 Å². The predicted octanol–water partition coefficient (Wildman–Crippen LogP) is 3.32. The van der Waals surface area contributed by atoms with Crippen molar-refractivity contribution < 1.29 is 22.7 Å². The minimum atomic E-state index is -1.77. The van der Waals surface area contributed by atoms with E-state index in [1.165, 1.54) is 12.1 Å². The van der Waals surface area contributed by atoms with Crippen molar-refractivity contribution in [2.75, 3.05) is 0 Å². The summed E-state index contributed by atoms with van der Waals surface area (Å²) in [6, 6.07) is 6.30. The molecule has 5 heteroatoms. The van der Waals surface area contributed by atoms with E-state index in [4.69, 9.17) is 0 Å². The maximum Gasteiger partial charge on any atom is 0.164 e. The monoisotopic (exact) mass is 256 g/mol. The van der Waals surface area contributed by atoms with Crippen molar-refractivity contribution in [1.82, 2.24) is 0 Å². The van der Waals surface area contributed by atoms with Gasteiger partial charge in [-0.15, -0.1) is 0 Å². The lowest BCUT2D eigenvalue weighted by atomic mass is 10.0. The molecule has 0 fully saturated rings. The van der Waals surface area contributed by atoms with Gasteiger partial charge in [0.15, 0.2) is 23.3 Å². The second-order valence-corrected chi connectivity index (χ2v) is 3.69. The van der Waals surface area contributed by atoms with Gasteiger partial charge in [-0.25, -0.2) is 17.6 Å². The van der Waals surface area contributed by atoms with Crippen molar-refractivity contribution in [2.24, 2.45) is 0 Å². The second-order valence-electron chi connectivity index (χ2n) is 3.69. The molecule has 0 heterocycles. The average Bonchev–Trinajstić information content (AvgIpc) is 2.35. The van der Waals surface area contributed by atoms with Gasteiger partial charge in [0.2, 0.25) is 0 Å². The largest absolute Gasteiger partial charge is 0.383 e. The molecule has 18 heavy (non-hydrogen) atoms. The number of hydrogen-bond acceptors (Lipinski definition) is 1. The van der Waals surface area contributed by atoms with Crippen molar-refractivity contribution >= 4 is 0 Å². The molecule has 0 radical (unpaired) electrons. The van der Waals surface area contributed by atoms with Crippen LogP contribution in [0, 0.1) is 23.3 Å². The van der Waals surface area contributed by atoms with Gasteiger partial charge in [-0.05, 0) is 12.1 Å². The minimum absolute atomic E-state index is 0.445. The van der Waals surface area contributed by atoms with E-state index >= 15 is 0 Å². The average molecular weight is 256 g/mol. The van der Waals surface area contributed by atoms with E-state index in [2.05, 4.69) is 0 Å². The third kappa shape index (κ3) is 2.09. The number of halogens is 4. The van der Waals surface area contributed by atoms with E-state index in [1.54, 1.807) is 0 Å². The summed E-state index contributed by atoms with van der Waals surface area (Å²) in [6.45, 7) is 0. The van der Waals surface area contributed by atoms with E-state index in [-0.39, 0.29) is 0 Å². The van der Waals surface area contributed by atoms with Crippen molar-refractivity contribution in [2.45, 2.75) is 6.10 Å². The summed E-state index contributed by atoms with van der Waals surface area (Å²) in [5.74, 6) is -4.89. The molecule has 0 aliphatic carbocycles. The van der Waals surface area contributed by atoms with E-state index in [9.17, 15) is 22.7 Å². The lowest BCUT2D eigenvalue weighted by Gasteiger charge is -2.13. The van der Waals surface area contributed by atoms with E-state index < -0.39 is 40.5 Å². The lowest BCUT2D eigenvalue weighted by molar-refractivity contribution is 0.206. The molecule has 1 nitrogen and oxygen atoms in total. The van der Waals surface area contributed by atoms with Crippen LogP contribution in [0.5, 0.6) is 0 Å². The van der Waals surface area contributed by atoms with Crippen LogP contribution < -0.4 is 0 Å². The highest BCUT2D eigenvalue weighted by molar-refractivity contribution is 5.32. The van der Waals surface area contributed by atoms with Gasteiger partial charge in [0.1, 0.15) is 6.10 Å². The standard InChI is InChI=1S/C13H8F4O/c14-9-5-1-3-7(11(9)16)13(18)8-4-2-6-10(15)12(8)17/h1-6,13,18H. The zero-order valence-electron chi connectivity index (χ0n) is 9.00. The third-order valence-corrected chi connectivity index (χ3v) is 2.55. The molecule has 0 unspecified atom stereocenters. The number of aliphatic hydroxyl groups is 1. The molecule has 0 aliphatic heterocycles. The van der Waals surface area contributed by atoms with Crippen molar-refractivity contribution in [3.8, 4) is 0 Å². The molecule has 94 valence electrons. The topological polar surface area (TPSA) is 20.2 Å². The van der Waals surface area contributed by atoms with Crippen LogP contribution in [-0.4, -0.2) is 5.11 Å². The maximum atomic E-state index is 13.4. The molecule has 0 atom stereocenters. The fraction of sp³-hybridized carbons (Fsp3) is 0.0769. The van der Waals surface area contributed by atoms with Gasteiger partial charge in [0.05, 0.1) is 0 Å². The first-order valence-corrected chi connectivity index (χ1v) is 5.08. The summed E-state index contributed by atoms with van der Waals surface area (Å²) in [5.41, 5.74) is -0.890. The molecular weight excluding hydrogens is 248 g/mol. The molecule has 0 aromatic heterocycles. The summed E-state index contributed by atoms with van der Waals surface area (Å²) in [6.07, 6.45) is -1.77. The summed E-state index contributed by atoms with van der Waals surface area (Å²) in [5, 5.41) is 9.79. The van der Waals surface area contributed by atoms with Gasteiger partial charge in [0.25, 0.3) is 0 Å². The first kappa shape index (κ1) is 12.6. The van der Waals surface area contributed by atoms with E-state index in [0.29, 0.717) is 0 Å². The Morgan fingerprint density at radius 3 is 1.50 bits per heavy atom. The van der Waals surface area contributed by atoms with Crippen LogP contribution in [0.15, 0.2) is 36.4 Å². The Kier molecular flexibility index (Phi) is 3.34. The maximum absolute atomic E-state index is 13.4. The molecule has 2 rings (SSSR count). The van der Waals surface area contributed by atoms with Gasteiger partial charge >= 0.3 is 0 Å². The predicted molar refractivity (Wildman–Crippen MR) is 56.8 cm³/mol. The Morgan fingerprint density at radius 2 is 1.11 bits per heavy atom. The summed E-state index contributed by atoms with van der Waals surface area (Å²) < 4.78 is 52.8. The number of benzene rings is 2. The third-order valence-electron chi connectivity index (χ3n) is 2.55. The highest BCUT2D eigenvalue weighted by Crippen LogP contribution is 2.28. The summed E-state index contributed by atoms with van der Waals surface area (Å²) in [7, 11) is 0. The number of rotatable bonds is 2. The highest BCUT2D eigenvalue weighted by Gasteiger charge is 2.21. The van der Waals surface area contributed by atoms with Crippen molar-refractivity contribution in [1.29, 1.82) is 0 Å². The Bertz CT molecular complexity index is 532. The molecule has 0 aliphatic rings. The second kappa shape index (κ2) is 4.78. The Labute approximate surface area is 100 Å². The molecule has 0 amide bonds. The fourth-order valence-corrected chi connectivity index (χ4v) is 1.63. The van der Waals surface area contributed by atoms with Crippen LogP contribution in [0.1, 0.15) is 17.2 Å². The van der Waals surface area contributed by atoms with Gasteiger partial charge in [-0.1, -0.05) is 24.3 Å². The zero-order chi connectivity index (χ0) is 13.3. The van der Waals surface area contributed by atoms with Crippen LogP contribution in [0.2, 0.25) is 0 Å². The van der Waals surface area contributed by atoms with Crippen LogP contribution in [-0.2, 0) is 0 Å². The molecule has 1 N–H and O–H groups in total. The molecule has 2 aromatic rings. The fourth-order valence-electron chi connectivity index (χ4n) is 1.63. The van der Waals surface area contributed by atoms with Crippen molar-refractivity contribution in [3.05, 3.63) is 70.8 Å². The molecule has 2 aromatic carbocycles. The van der Waals surface area contributed by atoms with E-state index in [0.717, 1.165) is 24.3 Å².